The topological polar surface area (TPSA) is 29.1 Å². The van der Waals surface area contributed by atoms with E-state index in [0.717, 1.165) is 19.3 Å². The lowest BCUT2D eigenvalue weighted by molar-refractivity contribution is -0.121. The first-order chi connectivity index (χ1) is 9.32. The smallest absolute Gasteiger partial charge is 0.220 e. The van der Waals surface area contributed by atoms with Crippen LogP contribution in [-0.4, -0.2) is 11.9 Å². The normalized spacial score (nSPS) is 13.1. The Morgan fingerprint density at radius 3 is 2.30 bits per heavy atom. The van der Waals surface area contributed by atoms with E-state index in [-0.39, 0.29) is 17.4 Å². The molecule has 112 valence electrons. The van der Waals surface area contributed by atoms with Crippen LogP contribution in [-0.2, 0) is 16.6 Å². The van der Waals surface area contributed by atoms with Gasteiger partial charge in [-0.3, -0.25) is 4.79 Å². The predicted molar refractivity (Wildman–Crippen MR) is 86.0 cm³/mol. The SMILES string of the molecule is CCC[C@H](C)NC(=O)CCc1ccc(C(C)(C)C)cc1. The zero-order valence-corrected chi connectivity index (χ0v) is 13.6. The third kappa shape index (κ3) is 5.77. The Labute approximate surface area is 124 Å². The maximum absolute atomic E-state index is 11.8. The maximum atomic E-state index is 11.8. The van der Waals surface area contributed by atoms with Gasteiger partial charge in [-0.15, -0.1) is 0 Å². The van der Waals surface area contributed by atoms with Crippen molar-refractivity contribution in [2.24, 2.45) is 0 Å². The standard InChI is InChI=1S/C18H29NO/c1-6-7-14(2)19-17(20)13-10-15-8-11-16(12-9-15)18(3,4)5/h8-9,11-12,14H,6-7,10,13H2,1-5H3,(H,19,20)/t14-/m0/s1. The van der Waals surface area contributed by atoms with Gasteiger partial charge in [-0.2, -0.15) is 0 Å². The Morgan fingerprint density at radius 1 is 1.20 bits per heavy atom. The molecule has 0 aromatic heterocycles. The summed E-state index contributed by atoms with van der Waals surface area (Å²) in [6.45, 7) is 10.8. The van der Waals surface area contributed by atoms with Gasteiger partial charge in [0.1, 0.15) is 0 Å². The van der Waals surface area contributed by atoms with Gasteiger partial charge in [0.25, 0.3) is 0 Å². The van der Waals surface area contributed by atoms with E-state index >= 15 is 0 Å². The van der Waals surface area contributed by atoms with E-state index in [0.29, 0.717) is 6.42 Å². The summed E-state index contributed by atoms with van der Waals surface area (Å²) in [5, 5.41) is 3.05. The van der Waals surface area contributed by atoms with Crippen molar-refractivity contribution in [1.29, 1.82) is 0 Å². The van der Waals surface area contributed by atoms with E-state index in [9.17, 15) is 4.79 Å². The number of benzene rings is 1. The fraction of sp³-hybridized carbons (Fsp3) is 0.611. The van der Waals surface area contributed by atoms with Crippen molar-refractivity contribution < 1.29 is 4.79 Å². The van der Waals surface area contributed by atoms with Gasteiger partial charge < -0.3 is 5.32 Å². The third-order valence-electron chi connectivity index (χ3n) is 3.59. The summed E-state index contributed by atoms with van der Waals surface area (Å²) < 4.78 is 0. The Bertz CT molecular complexity index is 414. The molecule has 2 nitrogen and oxygen atoms in total. The molecule has 1 rings (SSSR count). The molecule has 0 unspecified atom stereocenters. The minimum atomic E-state index is 0.158. The highest BCUT2D eigenvalue weighted by atomic mass is 16.1. The van der Waals surface area contributed by atoms with E-state index in [1.165, 1.54) is 11.1 Å². The van der Waals surface area contributed by atoms with Crippen molar-refractivity contribution in [3.63, 3.8) is 0 Å². The van der Waals surface area contributed by atoms with E-state index in [4.69, 9.17) is 0 Å². The number of carbonyl (C=O) groups excluding carboxylic acids is 1. The molecule has 1 aromatic rings. The van der Waals surface area contributed by atoms with Crippen LogP contribution >= 0.6 is 0 Å². The minimum Gasteiger partial charge on any atom is -0.354 e. The molecule has 0 bridgehead atoms. The van der Waals surface area contributed by atoms with Crippen LogP contribution in [0.25, 0.3) is 0 Å². The van der Waals surface area contributed by atoms with Crippen molar-refractivity contribution >= 4 is 5.91 Å². The van der Waals surface area contributed by atoms with Crippen LogP contribution in [0.1, 0.15) is 65.0 Å². The average molecular weight is 275 g/mol. The molecule has 0 aliphatic heterocycles. The van der Waals surface area contributed by atoms with E-state index < -0.39 is 0 Å². The van der Waals surface area contributed by atoms with Gasteiger partial charge >= 0.3 is 0 Å². The predicted octanol–water partition coefficient (Wildman–Crippen LogP) is 4.22. The Balaban J connectivity index is 2.44. The monoisotopic (exact) mass is 275 g/mol. The largest absolute Gasteiger partial charge is 0.354 e. The van der Waals surface area contributed by atoms with Crippen LogP contribution in [0.2, 0.25) is 0 Å². The summed E-state index contributed by atoms with van der Waals surface area (Å²) in [5.74, 6) is 0.158. The second kappa shape index (κ2) is 7.47. The number of nitrogens with one attached hydrogen (secondary N) is 1. The lowest BCUT2D eigenvalue weighted by atomic mass is 9.86. The van der Waals surface area contributed by atoms with E-state index in [1.54, 1.807) is 0 Å². The highest BCUT2D eigenvalue weighted by Gasteiger charge is 2.13. The number of amides is 1. The summed E-state index contributed by atoms with van der Waals surface area (Å²) in [6, 6.07) is 8.92. The Hall–Kier alpha value is -1.31. The molecule has 1 atom stereocenters. The van der Waals surface area contributed by atoms with Gasteiger partial charge in [-0.25, -0.2) is 0 Å². The van der Waals surface area contributed by atoms with E-state index in [2.05, 4.69) is 64.2 Å². The third-order valence-corrected chi connectivity index (χ3v) is 3.59. The summed E-state index contributed by atoms with van der Waals surface area (Å²) in [6.07, 6.45) is 3.54. The first-order valence-corrected chi connectivity index (χ1v) is 7.71. The van der Waals surface area contributed by atoms with E-state index in [1.807, 2.05) is 0 Å². The summed E-state index contributed by atoms with van der Waals surface area (Å²) in [4.78, 5) is 11.8. The minimum absolute atomic E-state index is 0.158. The van der Waals surface area contributed by atoms with Crippen LogP contribution in [0.4, 0.5) is 0 Å². The van der Waals surface area contributed by atoms with Gasteiger partial charge in [-0.05, 0) is 36.3 Å². The molecule has 1 aromatic carbocycles. The number of hydrogen-bond donors (Lipinski definition) is 1. The molecule has 0 saturated heterocycles. The van der Waals surface area contributed by atoms with Crippen LogP contribution in [0.3, 0.4) is 0 Å². The van der Waals surface area contributed by atoms with Gasteiger partial charge in [0, 0.05) is 12.5 Å². The Morgan fingerprint density at radius 2 is 1.80 bits per heavy atom. The fourth-order valence-corrected chi connectivity index (χ4v) is 2.28. The molecule has 0 fully saturated rings. The summed E-state index contributed by atoms with van der Waals surface area (Å²) in [5.41, 5.74) is 2.75. The lowest BCUT2D eigenvalue weighted by Crippen LogP contribution is -2.32. The quantitative estimate of drug-likeness (QED) is 0.827. The van der Waals surface area contributed by atoms with Crippen molar-refractivity contribution in [1.82, 2.24) is 5.32 Å². The summed E-state index contributed by atoms with van der Waals surface area (Å²) in [7, 11) is 0. The first kappa shape index (κ1) is 16.7. The molecule has 0 heterocycles. The van der Waals surface area contributed by atoms with Crippen LogP contribution in [0.15, 0.2) is 24.3 Å². The van der Waals surface area contributed by atoms with Gasteiger partial charge in [0.15, 0.2) is 0 Å². The second-order valence-electron chi connectivity index (χ2n) is 6.70. The van der Waals surface area contributed by atoms with Crippen molar-refractivity contribution in [2.45, 2.75) is 71.8 Å². The van der Waals surface area contributed by atoms with Gasteiger partial charge in [-0.1, -0.05) is 58.4 Å². The summed E-state index contributed by atoms with van der Waals surface area (Å²) >= 11 is 0. The van der Waals surface area contributed by atoms with Crippen LogP contribution < -0.4 is 5.32 Å². The van der Waals surface area contributed by atoms with Crippen molar-refractivity contribution in [3.05, 3.63) is 35.4 Å². The fourth-order valence-electron chi connectivity index (χ4n) is 2.28. The molecule has 0 saturated carbocycles. The molecule has 1 N–H and O–H groups in total. The Kier molecular flexibility index (Phi) is 6.25. The molecule has 0 aliphatic carbocycles. The van der Waals surface area contributed by atoms with Gasteiger partial charge in [0.2, 0.25) is 5.91 Å². The molecule has 0 aliphatic rings. The van der Waals surface area contributed by atoms with Gasteiger partial charge in [0.05, 0.1) is 0 Å². The zero-order valence-electron chi connectivity index (χ0n) is 13.6. The van der Waals surface area contributed by atoms with Crippen LogP contribution in [0, 0.1) is 0 Å². The molecular weight excluding hydrogens is 246 g/mol. The zero-order chi connectivity index (χ0) is 15.2. The average Bonchev–Trinajstić information content (AvgIpc) is 2.36. The molecule has 0 spiro atoms. The van der Waals surface area contributed by atoms with Crippen molar-refractivity contribution in [3.8, 4) is 0 Å². The van der Waals surface area contributed by atoms with Crippen molar-refractivity contribution in [2.75, 3.05) is 0 Å². The van der Waals surface area contributed by atoms with Crippen LogP contribution in [0.5, 0.6) is 0 Å². The highest BCUT2D eigenvalue weighted by molar-refractivity contribution is 5.76. The number of carbonyl (C=O) groups is 1. The number of aryl methyl sites for hydroxylation is 1. The number of hydrogen-bond acceptors (Lipinski definition) is 1. The molecule has 20 heavy (non-hydrogen) atoms. The number of rotatable bonds is 6. The molecule has 2 heteroatoms. The highest BCUT2D eigenvalue weighted by Crippen LogP contribution is 2.22. The maximum Gasteiger partial charge on any atom is 0.220 e. The first-order valence-electron chi connectivity index (χ1n) is 7.71. The molecular formula is C18H29NO. The second-order valence-corrected chi connectivity index (χ2v) is 6.70. The molecule has 0 radical (unpaired) electrons. The lowest BCUT2D eigenvalue weighted by Gasteiger charge is -2.19. The molecule has 1 amide bonds.